The van der Waals surface area contributed by atoms with E-state index in [1.54, 1.807) is 7.11 Å². The van der Waals surface area contributed by atoms with Gasteiger partial charge in [0.25, 0.3) is 5.91 Å². The van der Waals surface area contributed by atoms with E-state index in [1.807, 2.05) is 31.2 Å². The largest absolute Gasteiger partial charge is 0.497 e. The second kappa shape index (κ2) is 5.72. The maximum absolute atomic E-state index is 12.4. The van der Waals surface area contributed by atoms with E-state index >= 15 is 0 Å². The lowest BCUT2D eigenvalue weighted by molar-refractivity contribution is 0.0937. The van der Waals surface area contributed by atoms with Crippen molar-refractivity contribution in [1.82, 2.24) is 10.3 Å². The minimum Gasteiger partial charge on any atom is -0.497 e. The van der Waals surface area contributed by atoms with Crippen LogP contribution < -0.4 is 10.1 Å². The summed E-state index contributed by atoms with van der Waals surface area (Å²) in [7, 11) is 1.64. The molecule has 21 heavy (non-hydrogen) atoms. The van der Waals surface area contributed by atoms with Gasteiger partial charge in [0.2, 0.25) is 0 Å². The second-order valence-corrected chi connectivity index (χ2v) is 5.63. The zero-order valence-electron chi connectivity index (χ0n) is 12.5. The maximum atomic E-state index is 12.4. The summed E-state index contributed by atoms with van der Waals surface area (Å²) in [5.41, 5.74) is 2.27. The van der Waals surface area contributed by atoms with E-state index in [0.29, 0.717) is 11.6 Å². The van der Waals surface area contributed by atoms with Crippen molar-refractivity contribution in [2.24, 2.45) is 0 Å². The first-order chi connectivity index (χ1) is 10.2. The van der Waals surface area contributed by atoms with Gasteiger partial charge in [0.05, 0.1) is 23.9 Å². The van der Waals surface area contributed by atoms with Crippen LogP contribution in [0.2, 0.25) is 0 Å². The molecule has 1 fully saturated rings. The Morgan fingerprint density at radius 2 is 2.05 bits per heavy atom. The molecule has 0 aliphatic heterocycles. The minimum atomic E-state index is -0.00961. The number of carbonyl (C=O) groups is 1. The number of hydrogen-bond donors (Lipinski definition) is 1. The van der Waals surface area contributed by atoms with Crippen molar-refractivity contribution in [3.8, 4) is 5.75 Å². The highest BCUT2D eigenvalue weighted by Gasteiger charge is 2.19. The van der Waals surface area contributed by atoms with Gasteiger partial charge in [-0.25, -0.2) is 0 Å². The van der Waals surface area contributed by atoms with Crippen molar-refractivity contribution in [3.63, 3.8) is 0 Å². The van der Waals surface area contributed by atoms with E-state index in [-0.39, 0.29) is 5.91 Å². The quantitative estimate of drug-likeness (QED) is 0.941. The average molecular weight is 284 g/mol. The summed E-state index contributed by atoms with van der Waals surface area (Å²) in [6.45, 7) is 1.88. The van der Waals surface area contributed by atoms with Crippen molar-refractivity contribution in [2.75, 3.05) is 7.11 Å². The molecule has 1 amide bonds. The van der Waals surface area contributed by atoms with Gasteiger partial charge in [-0.1, -0.05) is 12.8 Å². The lowest BCUT2D eigenvalue weighted by Gasteiger charge is -2.13. The fraction of sp³-hybridized carbons (Fsp3) is 0.412. The third-order valence-corrected chi connectivity index (χ3v) is 4.15. The molecule has 1 aromatic carbocycles. The predicted molar refractivity (Wildman–Crippen MR) is 82.8 cm³/mol. The maximum Gasteiger partial charge on any atom is 0.253 e. The molecule has 4 nitrogen and oxygen atoms in total. The van der Waals surface area contributed by atoms with Gasteiger partial charge in [0.15, 0.2) is 0 Å². The zero-order valence-corrected chi connectivity index (χ0v) is 12.5. The normalized spacial score (nSPS) is 15.3. The van der Waals surface area contributed by atoms with E-state index in [0.717, 1.165) is 35.2 Å². The molecule has 1 aliphatic carbocycles. The molecule has 4 heteroatoms. The SMILES string of the molecule is COc1ccc2cc(C(=O)NC3CCCC3)c(C)nc2c1. The summed E-state index contributed by atoms with van der Waals surface area (Å²) in [5, 5.41) is 4.08. The second-order valence-electron chi connectivity index (χ2n) is 5.63. The highest BCUT2D eigenvalue weighted by molar-refractivity contribution is 5.98. The molecule has 0 unspecified atom stereocenters. The van der Waals surface area contributed by atoms with Crippen LogP contribution in [0.1, 0.15) is 41.7 Å². The van der Waals surface area contributed by atoms with Gasteiger partial charge >= 0.3 is 0 Å². The number of nitrogens with zero attached hydrogens (tertiary/aromatic N) is 1. The molecule has 1 heterocycles. The predicted octanol–water partition coefficient (Wildman–Crippen LogP) is 3.22. The molecule has 3 rings (SSSR count). The molecular formula is C17H20N2O2. The number of aryl methyl sites for hydroxylation is 1. The fourth-order valence-electron chi connectivity index (χ4n) is 2.93. The highest BCUT2D eigenvalue weighted by Crippen LogP contribution is 2.23. The summed E-state index contributed by atoms with van der Waals surface area (Å²) in [6.07, 6.45) is 4.59. The Hall–Kier alpha value is -2.10. The Labute approximate surface area is 124 Å². The Kier molecular flexibility index (Phi) is 3.78. The summed E-state index contributed by atoms with van der Waals surface area (Å²) < 4.78 is 5.21. The van der Waals surface area contributed by atoms with Gasteiger partial charge < -0.3 is 10.1 Å². The molecule has 1 aromatic heterocycles. The fourth-order valence-corrected chi connectivity index (χ4v) is 2.93. The summed E-state index contributed by atoms with van der Waals surface area (Å²) in [6, 6.07) is 7.95. The van der Waals surface area contributed by atoms with Crippen molar-refractivity contribution in [2.45, 2.75) is 38.6 Å². The lowest BCUT2D eigenvalue weighted by atomic mass is 10.1. The molecule has 1 N–H and O–H groups in total. The molecule has 0 radical (unpaired) electrons. The number of carbonyl (C=O) groups excluding carboxylic acids is 1. The van der Waals surface area contributed by atoms with E-state index < -0.39 is 0 Å². The number of aromatic nitrogens is 1. The Morgan fingerprint density at radius 1 is 1.29 bits per heavy atom. The van der Waals surface area contributed by atoms with Crippen LogP contribution in [0, 0.1) is 6.92 Å². The van der Waals surface area contributed by atoms with Crippen LogP contribution in [0.25, 0.3) is 10.9 Å². The molecule has 0 bridgehead atoms. The third kappa shape index (κ3) is 2.84. The Bertz CT molecular complexity index is 676. The number of ether oxygens (including phenoxy) is 1. The summed E-state index contributed by atoms with van der Waals surface area (Å²) in [5.74, 6) is 0.766. The molecule has 2 aromatic rings. The molecule has 0 atom stereocenters. The zero-order chi connectivity index (χ0) is 14.8. The van der Waals surface area contributed by atoms with Gasteiger partial charge in [-0.3, -0.25) is 9.78 Å². The molecule has 1 saturated carbocycles. The van der Waals surface area contributed by atoms with Crippen molar-refractivity contribution in [3.05, 3.63) is 35.5 Å². The number of nitrogens with one attached hydrogen (secondary N) is 1. The number of fused-ring (bicyclic) bond motifs is 1. The minimum absolute atomic E-state index is 0.00961. The first-order valence-electron chi connectivity index (χ1n) is 7.43. The van der Waals surface area contributed by atoms with Crippen LogP contribution in [0.4, 0.5) is 0 Å². The van der Waals surface area contributed by atoms with Gasteiger partial charge in [0.1, 0.15) is 5.75 Å². The number of benzene rings is 1. The summed E-state index contributed by atoms with van der Waals surface area (Å²) >= 11 is 0. The van der Waals surface area contributed by atoms with Crippen LogP contribution in [0.5, 0.6) is 5.75 Å². The van der Waals surface area contributed by atoms with E-state index in [9.17, 15) is 4.79 Å². The van der Waals surface area contributed by atoms with Crippen LogP contribution in [-0.2, 0) is 0 Å². The smallest absolute Gasteiger partial charge is 0.253 e. The first-order valence-corrected chi connectivity index (χ1v) is 7.43. The topological polar surface area (TPSA) is 51.2 Å². The monoisotopic (exact) mass is 284 g/mol. The van der Waals surface area contributed by atoms with E-state index in [4.69, 9.17) is 4.74 Å². The van der Waals surface area contributed by atoms with Crippen molar-refractivity contribution < 1.29 is 9.53 Å². The highest BCUT2D eigenvalue weighted by atomic mass is 16.5. The Balaban J connectivity index is 1.91. The molecule has 0 saturated heterocycles. The van der Waals surface area contributed by atoms with Gasteiger partial charge in [-0.15, -0.1) is 0 Å². The van der Waals surface area contributed by atoms with Gasteiger partial charge in [-0.05, 0) is 38.0 Å². The molecule has 1 aliphatic rings. The standard InChI is InChI=1S/C17H20N2O2/c1-11-15(17(20)19-13-5-3-4-6-13)9-12-7-8-14(21-2)10-16(12)18-11/h7-10,13H,3-6H2,1-2H3,(H,19,20). The van der Waals surface area contributed by atoms with Crippen LogP contribution in [0.3, 0.4) is 0 Å². The van der Waals surface area contributed by atoms with Gasteiger partial charge in [-0.2, -0.15) is 0 Å². The summed E-state index contributed by atoms with van der Waals surface area (Å²) in [4.78, 5) is 17.0. The first kappa shape index (κ1) is 13.9. The number of amides is 1. The van der Waals surface area contributed by atoms with Crippen LogP contribution >= 0.6 is 0 Å². The van der Waals surface area contributed by atoms with E-state index in [2.05, 4.69) is 10.3 Å². The number of rotatable bonds is 3. The van der Waals surface area contributed by atoms with Gasteiger partial charge in [0, 0.05) is 17.5 Å². The van der Waals surface area contributed by atoms with Crippen LogP contribution in [-0.4, -0.2) is 24.0 Å². The van der Waals surface area contributed by atoms with Crippen LogP contribution in [0.15, 0.2) is 24.3 Å². The van der Waals surface area contributed by atoms with Crippen molar-refractivity contribution >= 4 is 16.8 Å². The molecule has 110 valence electrons. The Morgan fingerprint density at radius 3 is 2.76 bits per heavy atom. The average Bonchev–Trinajstić information content (AvgIpc) is 2.98. The van der Waals surface area contributed by atoms with E-state index in [1.165, 1.54) is 12.8 Å². The molecule has 0 spiro atoms. The number of hydrogen-bond acceptors (Lipinski definition) is 3. The third-order valence-electron chi connectivity index (χ3n) is 4.15. The number of pyridine rings is 1. The lowest BCUT2D eigenvalue weighted by Crippen LogP contribution is -2.33. The van der Waals surface area contributed by atoms with Crippen molar-refractivity contribution in [1.29, 1.82) is 0 Å². The number of methoxy groups -OCH3 is 1. The molecular weight excluding hydrogens is 264 g/mol.